The molecule has 3 aromatic rings. The number of benzene rings is 2. The second-order valence-corrected chi connectivity index (χ2v) is 7.47. The topological polar surface area (TPSA) is 38.5 Å². The van der Waals surface area contributed by atoms with Crippen molar-refractivity contribution >= 4 is 0 Å². The van der Waals surface area contributed by atoms with Crippen LogP contribution in [-0.4, -0.2) is 35.9 Å². The van der Waals surface area contributed by atoms with E-state index in [-0.39, 0.29) is 5.75 Å². The second-order valence-electron chi connectivity index (χ2n) is 7.47. The molecule has 0 amide bonds. The van der Waals surface area contributed by atoms with Crippen LogP contribution in [0, 0.1) is 6.92 Å². The highest BCUT2D eigenvalue weighted by Crippen LogP contribution is 2.29. The third kappa shape index (κ3) is 5.02. The third-order valence-electron chi connectivity index (χ3n) is 5.31. The van der Waals surface area contributed by atoms with Gasteiger partial charge in [0, 0.05) is 18.5 Å². The number of halogens is 3. The van der Waals surface area contributed by atoms with E-state index in [1.807, 2.05) is 31.2 Å². The SMILES string of the molecule is Cc1oc(-c2ccc(-c3ccc(OC(F)(F)F)cc3)cc2)nc1CCN1CCCC1. The van der Waals surface area contributed by atoms with Crippen LogP contribution in [0.15, 0.2) is 52.9 Å². The first kappa shape index (κ1) is 20.5. The molecule has 1 fully saturated rings. The molecule has 4 rings (SSSR count). The Morgan fingerprint density at radius 1 is 0.933 bits per heavy atom. The van der Waals surface area contributed by atoms with Crippen molar-refractivity contribution in [3.8, 4) is 28.3 Å². The molecule has 2 heterocycles. The summed E-state index contributed by atoms with van der Waals surface area (Å²) in [6.07, 6.45) is -1.27. The molecule has 0 saturated carbocycles. The third-order valence-corrected chi connectivity index (χ3v) is 5.31. The molecule has 1 aromatic heterocycles. The number of hydrogen-bond acceptors (Lipinski definition) is 4. The zero-order valence-corrected chi connectivity index (χ0v) is 16.7. The number of likely N-dealkylation sites (tertiary alicyclic amines) is 1. The summed E-state index contributed by atoms with van der Waals surface area (Å²) in [5, 5.41) is 0. The van der Waals surface area contributed by atoms with E-state index in [1.54, 1.807) is 12.1 Å². The Morgan fingerprint density at radius 2 is 1.50 bits per heavy atom. The molecule has 1 aliphatic rings. The lowest BCUT2D eigenvalue weighted by atomic mass is 10.0. The average molecular weight is 416 g/mol. The lowest BCUT2D eigenvalue weighted by Gasteiger charge is -2.12. The van der Waals surface area contributed by atoms with E-state index in [0.29, 0.717) is 5.89 Å². The predicted octanol–water partition coefficient (Wildman–Crippen LogP) is 5.85. The summed E-state index contributed by atoms with van der Waals surface area (Å²) in [6, 6.07) is 13.4. The molecular formula is C23H23F3N2O2. The van der Waals surface area contributed by atoms with Crippen LogP contribution in [-0.2, 0) is 6.42 Å². The molecule has 1 aliphatic heterocycles. The van der Waals surface area contributed by atoms with Gasteiger partial charge in [-0.2, -0.15) is 0 Å². The highest BCUT2D eigenvalue weighted by Gasteiger charge is 2.31. The van der Waals surface area contributed by atoms with Gasteiger partial charge in [0.25, 0.3) is 0 Å². The number of aromatic nitrogens is 1. The number of alkyl halides is 3. The van der Waals surface area contributed by atoms with Crippen LogP contribution >= 0.6 is 0 Å². The number of rotatable bonds is 6. The first-order chi connectivity index (χ1) is 14.4. The number of ether oxygens (including phenoxy) is 1. The maximum absolute atomic E-state index is 12.3. The maximum Gasteiger partial charge on any atom is 0.573 e. The fourth-order valence-electron chi connectivity index (χ4n) is 3.71. The minimum atomic E-state index is -4.69. The lowest BCUT2D eigenvalue weighted by Crippen LogP contribution is -2.22. The average Bonchev–Trinajstić information content (AvgIpc) is 3.35. The molecule has 0 spiro atoms. The van der Waals surface area contributed by atoms with Gasteiger partial charge in [-0.15, -0.1) is 13.2 Å². The molecule has 0 unspecified atom stereocenters. The van der Waals surface area contributed by atoms with Gasteiger partial charge < -0.3 is 14.1 Å². The minimum Gasteiger partial charge on any atom is -0.441 e. The number of oxazole rings is 1. The fourth-order valence-corrected chi connectivity index (χ4v) is 3.71. The van der Waals surface area contributed by atoms with E-state index in [0.717, 1.165) is 54.2 Å². The van der Waals surface area contributed by atoms with E-state index in [9.17, 15) is 13.2 Å². The molecule has 7 heteroatoms. The van der Waals surface area contributed by atoms with Crippen LogP contribution in [0.1, 0.15) is 24.3 Å². The maximum atomic E-state index is 12.3. The van der Waals surface area contributed by atoms with Crippen molar-refractivity contribution < 1.29 is 22.3 Å². The summed E-state index contributed by atoms with van der Waals surface area (Å²) in [5.41, 5.74) is 3.54. The van der Waals surface area contributed by atoms with Gasteiger partial charge in [-0.1, -0.05) is 24.3 Å². The highest BCUT2D eigenvalue weighted by molar-refractivity contribution is 5.68. The first-order valence-electron chi connectivity index (χ1n) is 10.0. The van der Waals surface area contributed by atoms with Gasteiger partial charge in [-0.25, -0.2) is 4.98 Å². The van der Waals surface area contributed by atoms with E-state index in [4.69, 9.17) is 4.42 Å². The van der Waals surface area contributed by atoms with Crippen molar-refractivity contribution in [2.45, 2.75) is 32.5 Å². The first-order valence-corrected chi connectivity index (χ1v) is 10.0. The highest BCUT2D eigenvalue weighted by atomic mass is 19.4. The zero-order chi connectivity index (χ0) is 21.1. The van der Waals surface area contributed by atoms with Crippen LogP contribution in [0.2, 0.25) is 0 Å². The molecular weight excluding hydrogens is 393 g/mol. The molecule has 4 nitrogen and oxygen atoms in total. The Hall–Kier alpha value is -2.80. The summed E-state index contributed by atoms with van der Waals surface area (Å²) in [7, 11) is 0. The smallest absolute Gasteiger partial charge is 0.441 e. The Kier molecular flexibility index (Phi) is 5.81. The van der Waals surface area contributed by atoms with Gasteiger partial charge in [0.2, 0.25) is 5.89 Å². The molecule has 0 atom stereocenters. The van der Waals surface area contributed by atoms with Crippen molar-refractivity contribution in [2.75, 3.05) is 19.6 Å². The van der Waals surface area contributed by atoms with Crippen LogP contribution < -0.4 is 4.74 Å². The van der Waals surface area contributed by atoms with Gasteiger partial charge in [0.1, 0.15) is 11.5 Å². The molecule has 30 heavy (non-hydrogen) atoms. The van der Waals surface area contributed by atoms with Gasteiger partial charge in [-0.3, -0.25) is 0 Å². The van der Waals surface area contributed by atoms with Crippen LogP contribution in [0.25, 0.3) is 22.6 Å². The summed E-state index contributed by atoms with van der Waals surface area (Å²) >= 11 is 0. The van der Waals surface area contributed by atoms with Crippen molar-refractivity contribution in [3.63, 3.8) is 0 Å². The van der Waals surface area contributed by atoms with Gasteiger partial charge in [0.05, 0.1) is 5.69 Å². The molecule has 158 valence electrons. The quantitative estimate of drug-likeness (QED) is 0.505. The Labute approximate surface area is 173 Å². The van der Waals surface area contributed by atoms with Crippen molar-refractivity contribution in [3.05, 3.63) is 60.0 Å². The Morgan fingerprint density at radius 3 is 2.10 bits per heavy atom. The summed E-state index contributed by atoms with van der Waals surface area (Å²) < 4.78 is 46.6. The van der Waals surface area contributed by atoms with E-state index >= 15 is 0 Å². The van der Waals surface area contributed by atoms with Crippen LogP contribution in [0.5, 0.6) is 5.75 Å². The van der Waals surface area contributed by atoms with Gasteiger partial charge in [0.15, 0.2) is 0 Å². The summed E-state index contributed by atoms with van der Waals surface area (Å²) in [6.45, 7) is 5.26. The van der Waals surface area contributed by atoms with E-state index in [2.05, 4.69) is 14.6 Å². The van der Waals surface area contributed by atoms with Crippen LogP contribution in [0.4, 0.5) is 13.2 Å². The van der Waals surface area contributed by atoms with E-state index < -0.39 is 6.36 Å². The predicted molar refractivity (Wildman–Crippen MR) is 108 cm³/mol. The molecule has 1 saturated heterocycles. The molecule has 0 N–H and O–H groups in total. The lowest BCUT2D eigenvalue weighted by molar-refractivity contribution is -0.274. The summed E-state index contributed by atoms with van der Waals surface area (Å²) in [5.74, 6) is 1.19. The van der Waals surface area contributed by atoms with Crippen molar-refractivity contribution in [1.29, 1.82) is 0 Å². The van der Waals surface area contributed by atoms with E-state index in [1.165, 1.54) is 25.0 Å². The summed E-state index contributed by atoms with van der Waals surface area (Å²) in [4.78, 5) is 7.12. The van der Waals surface area contributed by atoms with Crippen LogP contribution in [0.3, 0.4) is 0 Å². The zero-order valence-electron chi connectivity index (χ0n) is 16.7. The number of nitrogens with zero attached hydrogens (tertiary/aromatic N) is 2. The largest absolute Gasteiger partial charge is 0.573 e. The normalized spacial score (nSPS) is 14.9. The fraction of sp³-hybridized carbons (Fsp3) is 0.348. The Balaban J connectivity index is 1.44. The van der Waals surface area contributed by atoms with Crippen molar-refractivity contribution in [2.24, 2.45) is 0 Å². The molecule has 0 aliphatic carbocycles. The van der Waals surface area contributed by atoms with Gasteiger partial charge >= 0.3 is 6.36 Å². The molecule has 2 aromatic carbocycles. The monoisotopic (exact) mass is 416 g/mol. The molecule has 0 bridgehead atoms. The van der Waals surface area contributed by atoms with Gasteiger partial charge in [-0.05, 0) is 68.2 Å². The second kappa shape index (κ2) is 8.52. The minimum absolute atomic E-state index is 0.236. The Bertz CT molecular complexity index is 973. The van der Waals surface area contributed by atoms with Crippen molar-refractivity contribution in [1.82, 2.24) is 9.88 Å². The number of aryl methyl sites for hydroxylation is 1. The number of hydrogen-bond donors (Lipinski definition) is 0. The standard InChI is InChI=1S/C23H23F3N2O2/c1-16-21(12-15-28-13-2-3-14-28)27-22(29-16)19-6-4-17(5-7-19)18-8-10-20(11-9-18)30-23(24,25)26/h4-11H,2-3,12-15H2,1H3. The molecule has 0 radical (unpaired) electrons.